The summed E-state index contributed by atoms with van der Waals surface area (Å²) in [6, 6.07) is 13.4. The Bertz CT molecular complexity index is 930. The van der Waals surface area contributed by atoms with Gasteiger partial charge >= 0.3 is 0 Å². The molecule has 2 heterocycles. The lowest BCUT2D eigenvalue weighted by molar-refractivity contribution is -0.121. The number of carbonyl (C=O) groups is 3. The van der Waals surface area contributed by atoms with Crippen LogP contribution in [0.2, 0.25) is 0 Å². The van der Waals surface area contributed by atoms with Gasteiger partial charge in [0.25, 0.3) is 11.8 Å². The minimum Gasteiger partial charge on any atom is -0.378 e. The molecular formula is C23H25N3O4. The van der Waals surface area contributed by atoms with Gasteiger partial charge in [-0.2, -0.15) is 0 Å². The van der Waals surface area contributed by atoms with Crippen LogP contribution < -0.4 is 10.2 Å². The molecule has 2 aliphatic rings. The standard InChI is InChI=1S/C23H25N3O4/c1-15(2)20(26-22(28)18-5-3-4-6-19(18)23(26)29)21(27)24-16-7-9-17(10-8-16)25-11-13-30-14-12-25/h3-10,15,20H,11-14H2,1-2H3,(H,24,27)/t20-/m1/s1. The molecule has 30 heavy (non-hydrogen) atoms. The average Bonchev–Trinajstić information content (AvgIpc) is 3.00. The molecule has 0 saturated carbocycles. The quantitative estimate of drug-likeness (QED) is 0.771. The molecule has 1 N–H and O–H groups in total. The zero-order chi connectivity index (χ0) is 21.3. The summed E-state index contributed by atoms with van der Waals surface area (Å²) in [7, 11) is 0. The van der Waals surface area contributed by atoms with E-state index < -0.39 is 17.9 Å². The predicted octanol–water partition coefficient (Wildman–Crippen LogP) is 2.78. The highest BCUT2D eigenvalue weighted by Gasteiger charge is 2.43. The smallest absolute Gasteiger partial charge is 0.262 e. The lowest BCUT2D eigenvalue weighted by atomic mass is 10.0. The maximum absolute atomic E-state index is 13.1. The van der Waals surface area contributed by atoms with Gasteiger partial charge in [0.15, 0.2) is 0 Å². The van der Waals surface area contributed by atoms with Gasteiger partial charge in [0, 0.05) is 24.5 Å². The van der Waals surface area contributed by atoms with Crippen LogP contribution in [-0.4, -0.2) is 55.0 Å². The molecule has 4 rings (SSSR count). The van der Waals surface area contributed by atoms with Crippen LogP contribution in [0.25, 0.3) is 0 Å². The van der Waals surface area contributed by atoms with Gasteiger partial charge in [0.2, 0.25) is 5.91 Å². The molecule has 7 nitrogen and oxygen atoms in total. The minimum absolute atomic E-state index is 0.236. The van der Waals surface area contributed by atoms with Crippen molar-refractivity contribution < 1.29 is 19.1 Å². The van der Waals surface area contributed by atoms with Gasteiger partial charge in [0.1, 0.15) is 6.04 Å². The number of rotatable bonds is 5. The summed E-state index contributed by atoms with van der Waals surface area (Å²) in [4.78, 5) is 42.1. The first-order chi connectivity index (χ1) is 14.5. The number of fused-ring (bicyclic) bond motifs is 1. The molecule has 2 aromatic rings. The Kier molecular flexibility index (Phi) is 5.55. The molecule has 1 atom stereocenters. The first-order valence-electron chi connectivity index (χ1n) is 10.2. The molecule has 1 saturated heterocycles. The summed E-state index contributed by atoms with van der Waals surface area (Å²) in [5.74, 6) is -1.46. The van der Waals surface area contributed by atoms with E-state index in [4.69, 9.17) is 4.74 Å². The van der Waals surface area contributed by atoms with Crippen molar-refractivity contribution in [3.63, 3.8) is 0 Å². The zero-order valence-electron chi connectivity index (χ0n) is 17.1. The normalized spacial score (nSPS) is 17.3. The van der Waals surface area contributed by atoms with Gasteiger partial charge in [-0.15, -0.1) is 0 Å². The third-order valence-electron chi connectivity index (χ3n) is 5.51. The number of hydrogen-bond donors (Lipinski definition) is 1. The first kappa shape index (κ1) is 20.1. The molecule has 3 amide bonds. The van der Waals surface area contributed by atoms with Crippen LogP contribution in [0, 0.1) is 5.92 Å². The molecule has 1 fully saturated rings. The van der Waals surface area contributed by atoms with E-state index in [-0.39, 0.29) is 11.8 Å². The van der Waals surface area contributed by atoms with Crippen molar-refractivity contribution in [1.29, 1.82) is 0 Å². The van der Waals surface area contributed by atoms with E-state index in [1.54, 1.807) is 24.3 Å². The van der Waals surface area contributed by atoms with Crippen molar-refractivity contribution in [1.82, 2.24) is 4.90 Å². The third kappa shape index (κ3) is 3.68. The SMILES string of the molecule is CC(C)[C@H](C(=O)Nc1ccc(N2CCOCC2)cc1)N1C(=O)c2ccccc2C1=O. The molecule has 0 bridgehead atoms. The molecule has 0 radical (unpaired) electrons. The molecular weight excluding hydrogens is 382 g/mol. The number of anilines is 2. The van der Waals surface area contributed by atoms with Gasteiger partial charge in [0.05, 0.1) is 24.3 Å². The van der Waals surface area contributed by atoms with Crippen LogP contribution in [0.15, 0.2) is 48.5 Å². The van der Waals surface area contributed by atoms with Crippen LogP contribution in [0.5, 0.6) is 0 Å². The molecule has 0 spiro atoms. The predicted molar refractivity (Wildman–Crippen MR) is 114 cm³/mol. The van der Waals surface area contributed by atoms with Crippen molar-refractivity contribution in [2.45, 2.75) is 19.9 Å². The second kappa shape index (κ2) is 8.28. The van der Waals surface area contributed by atoms with Crippen LogP contribution in [0.1, 0.15) is 34.6 Å². The molecule has 156 valence electrons. The molecule has 7 heteroatoms. The van der Waals surface area contributed by atoms with E-state index in [0.29, 0.717) is 30.0 Å². The Balaban J connectivity index is 1.51. The Labute approximate surface area is 175 Å². The van der Waals surface area contributed by atoms with Gasteiger partial charge in [-0.05, 0) is 42.3 Å². The summed E-state index contributed by atoms with van der Waals surface area (Å²) in [6.07, 6.45) is 0. The fourth-order valence-electron chi connectivity index (χ4n) is 3.97. The van der Waals surface area contributed by atoms with Crippen molar-refractivity contribution >= 4 is 29.1 Å². The van der Waals surface area contributed by atoms with Gasteiger partial charge < -0.3 is 15.0 Å². The van der Waals surface area contributed by atoms with Gasteiger partial charge in [-0.25, -0.2) is 0 Å². The van der Waals surface area contributed by atoms with Crippen molar-refractivity contribution in [2.24, 2.45) is 5.92 Å². The summed E-state index contributed by atoms with van der Waals surface area (Å²) >= 11 is 0. The fraction of sp³-hybridized carbons (Fsp3) is 0.348. The number of amides is 3. The highest BCUT2D eigenvalue weighted by atomic mass is 16.5. The summed E-state index contributed by atoms with van der Waals surface area (Å²) < 4.78 is 5.38. The second-order valence-corrected chi connectivity index (χ2v) is 7.85. The van der Waals surface area contributed by atoms with Crippen molar-refractivity contribution in [3.8, 4) is 0 Å². The molecule has 0 aliphatic carbocycles. The highest BCUT2D eigenvalue weighted by Crippen LogP contribution is 2.28. The lowest BCUT2D eigenvalue weighted by Gasteiger charge is -2.29. The van der Waals surface area contributed by atoms with Crippen LogP contribution in [-0.2, 0) is 9.53 Å². The molecule has 2 aromatic carbocycles. The van der Waals surface area contributed by atoms with Crippen LogP contribution in [0.4, 0.5) is 11.4 Å². The van der Waals surface area contributed by atoms with Crippen LogP contribution >= 0.6 is 0 Å². The van der Waals surface area contributed by atoms with E-state index in [1.165, 1.54) is 0 Å². The zero-order valence-corrected chi connectivity index (χ0v) is 17.1. The largest absolute Gasteiger partial charge is 0.378 e. The first-order valence-corrected chi connectivity index (χ1v) is 10.2. The lowest BCUT2D eigenvalue weighted by Crippen LogP contribution is -2.50. The Morgan fingerprint density at radius 2 is 1.50 bits per heavy atom. The number of nitrogens with one attached hydrogen (secondary N) is 1. The number of imide groups is 1. The van der Waals surface area contributed by atoms with Crippen molar-refractivity contribution in [3.05, 3.63) is 59.7 Å². The maximum Gasteiger partial charge on any atom is 0.262 e. The van der Waals surface area contributed by atoms with E-state index in [0.717, 1.165) is 23.7 Å². The molecule has 0 unspecified atom stereocenters. The maximum atomic E-state index is 13.1. The summed E-state index contributed by atoms with van der Waals surface area (Å²) in [5.41, 5.74) is 2.38. The number of nitrogens with zero attached hydrogens (tertiary/aromatic N) is 2. The van der Waals surface area contributed by atoms with E-state index in [2.05, 4.69) is 10.2 Å². The van der Waals surface area contributed by atoms with E-state index in [9.17, 15) is 14.4 Å². The number of ether oxygens (including phenoxy) is 1. The topological polar surface area (TPSA) is 79.0 Å². The number of carbonyl (C=O) groups excluding carboxylic acids is 3. The number of benzene rings is 2. The minimum atomic E-state index is -0.892. The fourth-order valence-corrected chi connectivity index (χ4v) is 3.97. The average molecular weight is 407 g/mol. The van der Waals surface area contributed by atoms with E-state index >= 15 is 0 Å². The van der Waals surface area contributed by atoms with Gasteiger partial charge in [-0.3, -0.25) is 19.3 Å². The highest BCUT2D eigenvalue weighted by molar-refractivity contribution is 6.23. The Morgan fingerprint density at radius 1 is 0.933 bits per heavy atom. The monoisotopic (exact) mass is 407 g/mol. The third-order valence-corrected chi connectivity index (χ3v) is 5.51. The van der Waals surface area contributed by atoms with Crippen LogP contribution in [0.3, 0.4) is 0 Å². The second-order valence-electron chi connectivity index (χ2n) is 7.85. The summed E-state index contributed by atoms with van der Waals surface area (Å²) in [5, 5.41) is 2.87. The van der Waals surface area contributed by atoms with E-state index in [1.807, 2.05) is 38.1 Å². The Hall–Kier alpha value is -3.19. The summed E-state index contributed by atoms with van der Waals surface area (Å²) in [6.45, 7) is 6.73. The molecule has 0 aromatic heterocycles. The molecule has 2 aliphatic heterocycles. The Morgan fingerprint density at radius 3 is 2.03 bits per heavy atom. The number of hydrogen-bond acceptors (Lipinski definition) is 5. The van der Waals surface area contributed by atoms with Crippen molar-refractivity contribution in [2.75, 3.05) is 36.5 Å². The number of morpholine rings is 1. The van der Waals surface area contributed by atoms with Gasteiger partial charge in [-0.1, -0.05) is 26.0 Å².